The lowest BCUT2D eigenvalue weighted by Gasteiger charge is -2.26. The molecule has 0 saturated heterocycles. The average Bonchev–Trinajstić information content (AvgIpc) is 3.43. The van der Waals surface area contributed by atoms with E-state index in [1.807, 2.05) is 12.1 Å². The van der Waals surface area contributed by atoms with Gasteiger partial charge in [-0.05, 0) is 55.3 Å². The molecule has 8 heteroatoms. The number of esters is 1. The first-order valence-electron chi connectivity index (χ1n) is 11.8. The van der Waals surface area contributed by atoms with Crippen molar-refractivity contribution >= 4 is 34.3 Å². The van der Waals surface area contributed by atoms with E-state index in [0.29, 0.717) is 22.4 Å². The van der Waals surface area contributed by atoms with E-state index in [1.165, 1.54) is 4.90 Å². The Kier molecular flexibility index (Phi) is 6.31. The van der Waals surface area contributed by atoms with E-state index >= 15 is 0 Å². The molecule has 0 saturated carbocycles. The van der Waals surface area contributed by atoms with E-state index in [9.17, 15) is 19.5 Å². The number of anilines is 1. The largest absolute Gasteiger partial charge is 0.503 e. The van der Waals surface area contributed by atoms with Crippen molar-refractivity contribution in [3.8, 4) is 0 Å². The molecule has 0 bridgehead atoms. The number of carbonyl (C=O) groups excluding carboxylic acids is 3. The molecule has 186 valence electrons. The lowest BCUT2D eigenvalue weighted by Crippen LogP contribution is -2.31. The molecule has 0 fully saturated rings. The minimum absolute atomic E-state index is 0.0188. The predicted octanol–water partition coefficient (Wildman–Crippen LogP) is 5.10. The summed E-state index contributed by atoms with van der Waals surface area (Å²) in [4.78, 5) is 44.5. The van der Waals surface area contributed by atoms with Crippen LogP contribution in [0.5, 0.6) is 0 Å². The summed E-state index contributed by atoms with van der Waals surface area (Å²) in [5.41, 5.74) is 2.12. The van der Waals surface area contributed by atoms with Crippen LogP contribution in [0.4, 0.5) is 5.69 Å². The number of aliphatic hydroxyl groups excluding tert-OH is 1. The van der Waals surface area contributed by atoms with Crippen LogP contribution < -0.4 is 4.90 Å². The SMILES string of the molecule is CC(C)OC(=O)Cc1ccc(N2C(=O)C(O)=C(C(=O)c3cc4ccccc4o3)C2c2cccnc2)cc1. The third-order valence-electron chi connectivity index (χ3n) is 6.03. The Hall–Kier alpha value is -4.72. The van der Waals surface area contributed by atoms with Gasteiger partial charge in [-0.1, -0.05) is 36.4 Å². The number of hydrogen-bond donors (Lipinski definition) is 1. The topological polar surface area (TPSA) is 110 Å². The van der Waals surface area contributed by atoms with Gasteiger partial charge in [0.05, 0.1) is 24.1 Å². The predicted molar refractivity (Wildman–Crippen MR) is 136 cm³/mol. The maximum absolute atomic E-state index is 13.6. The van der Waals surface area contributed by atoms with Crippen LogP contribution in [0.1, 0.15) is 41.6 Å². The van der Waals surface area contributed by atoms with Gasteiger partial charge < -0.3 is 14.3 Å². The number of fused-ring (bicyclic) bond motifs is 1. The second-order valence-electron chi connectivity index (χ2n) is 8.99. The van der Waals surface area contributed by atoms with Gasteiger partial charge in [-0.15, -0.1) is 0 Å². The zero-order valence-electron chi connectivity index (χ0n) is 20.3. The number of aliphatic hydroxyl groups is 1. The smallest absolute Gasteiger partial charge is 0.310 e. The molecule has 1 aliphatic heterocycles. The summed E-state index contributed by atoms with van der Waals surface area (Å²) in [5.74, 6) is -2.30. The quantitative estimate of drug-likeness (QED) is 0.280. The fourth-order valence-corrected chi connectivity index (χ4v) is 4.43. The van der Waals surface area contributed by atoms with Gasteiger partial charge in [0, 0.05) is 23.5 Å². The number of amides is 1. The zero-order valence-corrected chi connectivity index (χ0v) is 20.3. The van der Waals surface area contributed by atoms with Crippen molar-refractivity contribution in [3.63, 3.8) is 0 Å². The van der Waals surface area contributed by atoms with Crippen LogP contribution in [-0.4, -0.2) is 33.9 Å². The number of hydrogen-bond acceptors (Lipinski definition) is 7. The number of furan rings is 1. The van der Waals surface area contributed by atoms with Gasteiger partial charge in [0.1, 0.15) is 5.58 Å². The van der Waals surface area contributed by atoms with E-state index in [2.05, 4.69) is 4.98 Å². The van der Waals surface area contributed by atoms with Crippen molar-refractivity contribution in [2.75, 3.05) is 4.90 Å². The summed E-state index contributed by atoms with van der Waals surface area (Å²) in [7, 11) is 0. The Morgan fingerprint density at radius 2 is 1.84 bits per heavy atom. The third kappa shape index (κ3) is 4.61. The highest BCUT2D eigenvalue weighted by Crippen LogP contribution is 2.42. The number of ketones is 1. The van der Waals surface area contributed by atoms with Crippen LogP contribution >= 0.6 is 0 Å². The zero-order chi connectivity index (χ0) is 26.1. The molecule has 1 amide bonds. The first-order valence-corrected chi connectivity index (χ1v) is 11.8. The number of para-hydroxylation sites is 1. The number of carbonyl (C=O) groups is 3. The van der Waals surface area contributed by atoms with Gasteiger partial charge in [0.15, 0.2) is 11.5 Å². The molecule has 3 heterocycles. The molecule has 0 radical (unpaired) electrons. The lowest BCUT2D eigenvalue weighted by atomic mass is 9.95. The minimum atomic E-state index is -0.932. The second-order valence-corrected chi connectivity index (χ2v) is 8.99. The number of pyridine rings is 1. The van der Waals surface area contributed by atoms with E-state index in [0.717, 1.165) is 5.39 Å². The van der Waals surface area contributed by atoms with E-state index in [1.54, 1.807) is 80.8 Å². The molecule has 0 aliphatic carbocycles. The molecule has 8 nitrogen and oxygen atoms in total. The average molecular weight is 497 g/mol. The Bertz CT molecular complexity index is 1490. The van der Waals surface area contributed by atoms with Crippen molar-refractivity contribution in [1.29, 1.82) is 0 Å². The van der Waals surface area contributed by atoms with Crippen molar-refractivity contribution in [1.82, 2.24) is 4.98 Å². The maximum Gasteiger partial charge on any atom is 0.310 e. The van der Waals surface area contributed by atoms with Crippen LogP contribution in [0.25, 0.3) is 11.0 Å². The normalized spacial score (nSPS) is 15.6. The van der Waals surface area contributed by atoms with Gasteiger partial charge in [0.25, 0.3) is 5.91 Å². The number of aromatic nitrogens is 1. The maximum atomic E-state index is 13.6. The van der Waals surface area contributed by atoms with Gasteiger partial charge in [-0.2, -0.15) is 0 Å². The molecule has 2 aromatic carbocycles. The standard InChI is InChI=1S/C29H24N2O6/c1-17(2)36-24(32)14-18-9-11-21(12-10-18)31-26(20-7-5-13-30-16-20)25(28(34)29(31)35)27(33)23-15-19-6-3-4-8-22(19)37-23/h3-13,15-17,26,34H,14H2,1-2H3. The highest BCUT2D eigenvalue weighted by molar-refractivity contribution is 6.20. The molecular weight excluding hydrogens is 472 g/mol. The molecule has 37 heavy (non-hydrogen) atoms. The van der Waals surface area contributed by atoms with Gasteiger partial charge in [0.2, 0.25) is 5.78 Å². The summed E-state index contributed by atoms with van der Waals surface area (Å²) in [6.07, 6.45) is 3.00. The van der Waals surface area contributed by atoms with Gasteiger partial charge in [-0.3, -0.25) is 24.3 Å². The van der Waals surface area contributed by atoms with Crippen molar-refractivity contribution in [2.45, 2.75) is 32.4 Å². The Morgan fingerprint density at radius 1 is 1.08 bits per heavy atom. The number of rotatable bonds is 7. The number of nitrogens with zero attached hydrogens (tertiary/aromatic N) is 2. The molecule has 0 spiro atoms. The Balaban J connectivity index is 1.52. The summed E-state index contributed by atoms with van der Waals surface area (Å²) in [5, 5.41) is 11.7. The minimum Gasteiger partial charge on any atom is -0.503 e. The monoisotopic (exact) mass is 496 g/mol. The molecular formula is C29H24N2O6. The Morgan fingerprint density at radius 3 is 2.51 bits per heavy atom. The summed E-state index contributed by atoms with van der Waals surface area (Å²) >= 11 is 0. The highest BCUT2D eigenvalue weighted by atomic mass is 16.5. The molecule has 4 aromatic rings. The number of ether oxygens (including phenoxy) is 1. The fraction of sp³-hybridized carbons (Fsp3) is 0.172. The first kappa shape index (κ1) is 24.0. The lowest BCUT2D eigenvalue weighted by molar-refractivity contribution is -0.146. The Labute approximate surface area is 212 Å². The van der Waals surface area contributed by atoms with Gasteiger partial charge >= 0.3 is 5.97 Å². The summed E-state index contributed by atoms with van der Waals surface area (Å²) in [6, 6.07) is 18.0. The van der Waals surface area contributed by atoms with Crippen molar-refractivity contribution in [3.05, 3.63) is 107 Å². The van der Waals surface area contributed by atoms with Crippen LogP contribution in [0, 0.1) is 0 Å². The highest BCUT2D eigenvalue weighted by Gasteiger charge is 2.45. The van der Waals surface area contributed by atoms with Crippen LogP contribution in [0.15, 0.2) is 94.9 Å². The van der Waals surface area contributed by atoms with Crippen LogP contribution in [0.3, 0.4) is 0 Å². The molecule has 1 atom stereocenters. The summed E-state index contributed by atoms with van der Waals surface area (Å²) in [6.45, 7) is 3.56. The van der Waals surface area contributed by atoms with Crippen LogP contribution in [0.2, 0.25) is 0 Å². The number of Topliss-reactive ketones (excluding diaryl/α,β-unsaturated/α-hetero) is 1. The molecule has 1 N–H and O–H groups in total. The second kappa shape index (κ2) is 9.73. The fourth-order valence-electron chi connectivity index (χ4n) is 4.43. The van der Waals surface area contributed by atoms with Gasteiger partial charge in [-0.25, -0.2) is 0 Å². The van der Waals surface area contributed by atoms with E-state index in [4.69, 9.17) is 9.15 Å². The first-order chi connectivity index (χ1) is 17.8. The molecule has 1 unspecified atom stereocenters. The van der Waals surface area contributed by atoms with E-state index in [-0.39, 0.29) is 29.8 Å². The third-order valence-corrected chi connectivity index (χ3v) is 6.03. The molecule has 5 rings (SSSR count). The van der Waals surface area contributed by atoms with Crippen LogP contribution in [-0.2, 0) is 20.7 Å². The summed E-state index contributed by atoms with van der Waals surface area (Å²) < 4.78 is 10.9. The van der Waals surface area contributed by atoms with Crippen molar-refractivity contribution < 1.29 is 28.6 Å². The number of benzene rings is 2. The van der Waals surface area contributed by atoms with Crippen molar-refractivity contribution in [2.24, 2.45) is 0 Å². The molecule has 2 aromatic heterocycles. The van der Waals surface area contributed by atoms with E-state index < -0.39 is 23.5 Å². The molecule has 1 aliphatic rings.